The second-order valence-corrected chi connectivity index (χ2v) is 34.0. The molecule has 0 spiro atoms. The first-order valence-corrected chi connectivity index (χ1v) is 47.1. The Labute approximate surface area is 638 Å². The van der Waals surface area contributed by atoms with E-state index in [1.165, 1.54) is 283 Å². The average molecular weight is 1520 g/mol. The minimum Gasteiger partial charge on any atom is -0.462 e. The van der Waals surface area contributed by atoms with Gasteiger partial charge in [0.25, 0.3) is 0 Å². The molecule has 3 N–H and O–H groups in total. The molecule has 17 nitrogen and oxygen atoms in total. The molecule has 0 aliphatic rings. The Morgan fingerprint density at radius 3 is 0.654 bits per heavy atom. The summed E-state index contributed by atoms with van der Waals surface area (Å²) >= 11 is 0. The second-order valence-electron chi connectivity index (χ2n) is 31.1. The Balaban J connectivity index is 5.26. The summed E-state index contributed by atoms with van der Waals surface area (Å²) < 4.78 is 68.9. The molecule has 0 fully saturated rings. The number of carbonyl (C=O) groups is 4. The van der Waals surface area contributed by atoms with Crippen LogP contribution in [0.1, 0.15) is 458 Å². The highest BCUT2D eigenvalue weighted by atomic mass is 31.2. The molecule has 104 heavy (non-hydrogen) atoms. The van der Waals surface area contributed by atoms with Gasteiger partial charge >= 0.3 is 39.5 Å². The molecule has 0 aromatic carbocycles. The molecule has 5 atom stereocenters. The number of unbranched alkanes of at least 4 members (excludes halogenated alkanes) is 57. The fourth-order valence-corrected chi connectivity index (χ4v) is 14.9. The summed E-state index contributed by atoms with van der Waals surface area (Å²) in [5.41, 5.74) is 0. The number of hydrogen-bond acceptors (Lipinski definition) is 15. The van der Waals surface area contributed by atoms with Crippen LogP contribution in [0.3, 0.4) is 0 Å². The van der Waals surface area contributed by atoms with E-state index in [0.717, 1.165) is 95.8 Å². The number of aliphatic hydroxyl groups is 1. The SMILES string of the molecule is CCCCCCCCCCCCCCCCCCCCC(=O)OC[C@H](COP(=O)(O)OC[C@@H](O)COP(=O)(O)OC[C@@H](COC(=O)CCCCCCCCCCCCCC)OC(=O)CCCCCCCCCCCCCCCCCC)OC(=O)CCCCCCCCCCCCCCCCCC(C)C. The van der Waals surface area contributed by atoms with E-state index in [0.29, 0.717) is 25.7 Å². The number of ether oxygens (including phenoxy) is 4. The van der Waals surface area contributed by atoms with Crippen molar-refractivity contribution in [1.82, 2.24) is 0 Å². The molecular formula is C85H166O17P2. The fraction of sp³-hybridized carbons (Fsp3) is 0.953. The number of esters is 4. The number of rotatable bonds is 85. The number of carbonyl (C=O) groups excluding carboxylic acids is 4. The predicted octanol–water partition coefficient (Wildman–Crippen LogP) is 26.0. The Kier molecular flexibility index (Phi) is 76.3. The minimum atomic E-state index is -4.96. The van der Waals surface area contributed by atoms with Crippen molar-refractivity contribution in [3.8, 4) is 0 Å². The zero-order chi connectivity index (χ0) is 76.2. The van der Waals surface area contributed by atoms with Gasteiger partial charge in [0.15, 0.2) is 12.2 Å². The molecule has 0 bridgehead atoms. The highest BCUT2D eigenvalue weighted by Gasteiger charge is 2.30. The van der Waals surface area contributed by atoms with Crippen LogP contribution in [0.4, 0.5) is 0 Å². The Morgan fingerprint density at radius 1 is 0.260 bits per heavy atom. The maximum absolute atomic E-state index is 13.1. The van der Waals surface area contributed by atoms with Crippen molar-refractivity contribution in [3.63, 3.8) is 0 Å². The Bertz CT molecular complexity index is 1980. The molecule has 0 aromatic rings. The van der Waals surface area contributed by atoms with Crippen molar-refractivity contribution >= 4 is 39.5 Å². The van der Waals surface area contributed by atoms with Crippen LogP contribution in [-0.2, 0) is 65.4 Å². The number of phosphoric acid groups is 2. The highest BCUT2D eigenvalue weighted by Crippen LogP contribution is 2.45. The molecule has 0 aromatic heterocycles. The molecule has 618 valence electrons. The maximum Gasteiger partial charge on any atom is 0.472 e. The van der Waals surface area contributed by atoms with Gasteiger partial charge in [0.2, 0.25) is 0 Å². The summed E-state index contributed by atoms with van der Waals surface area (Å²) in [5, 5.41) is 10.7. The van der Waals surface area contributed by atoms with E-state index in [9.17, 15) is 43.2 Å². The van der Waals surface area contributed by atoms with Gasteiger partial charge in [-0.05, 0) is 31.6 Å². The van der Waals surface area contributed by atoms with Gasteiger partial charge in [-0.2, -0.15) is 0 Å². The van der Waals surface area contributed by atoms with Crippen LogP contribution in [-0.4, -0.2) is 96.7 Å². The molecule has 0 radical (unpaired) electrons. The van der Waals surface area contributed by atoms with Crippen molar-refractivity contribution in [1.29, 1.82) is 0 Å². The third-order valence-electron chi connectivity index (χ3n) is 20.0. The molecule has 0 rings (SSSR count). The van der Waals surface area contributed by atoms with E-state index in [2.05, 4.69) is 34.6 Å². The van der Waals surface area contributed by atoms with Crippen molar-refractivity contribution in [2.24, 2.45) is 5.92 Å². The highest BCUT2D eigenvalue weighted by molar-refractivity contribution is 7.47. The standard InChI is InChI=1S/C85H166O17P2/c1-6-9-12-15-18-21-24-27-29-31-32-36-39-44-49-54-59-64-69-83(88)96-75-81(102-85(90)71-66-61-56-51-46-41-37-33-34-38-42-47-52-57-62-67-78(4)5)77-100-104(93,94)98-73-79(86)72-97-103(91,92)99-76-80(74-95-82(87)68-63-58-53-48-43-26-23-20-17-14-11-8-3)101-84(89)70-65-60-55-50-45-40-35-30-28-25-22-19-16-13-10-7-2/h78-81,86H,6-77H2,1-5H3,(H,91,92)(H,93,94)/t79-,80+,81+/m0/s1. The summed E-state index contributed by atoms with van der Waals surface area (Å²) in [6.45, 7) is 7.39. The van der Waals surface area contributed by atoms with E-state index in [1.54, 1.807) is 0 Å². The monoisotopic (exact) mass is 1520 g/mol. The van der Waals surface area contributed by atoms with Crippen LogP contribution >= 0.6 is 15.6 Å². The van der Waals surface area contributed by atoms with Gasteiger partial charge in [0, 0.05) is 25.7 Å². The number of aliphatic hydroxyl groups excluding tert-OH is 1. The van der Waals surface area contributed by atoms with E-state index < -0.39 is 97.5 Å². The fourth-order valence-electron chi connectivity index (χ4n) is 13.3. The lowest BCUT2D eigenvalue weighted by Crippen LogP contribution is -2.30. The van der Waals surface area contributed by atoms with Gasteiger partial charge < -0.3 is 33.8 Å². The van der Waals surface area contributed by atoms with Crippen LogP contribution in [0.25, 0.3) is 0 Å². The Hall–Kier alpha value is -1.94. The van der Waals surface area contributed by atoms with Gasteiger partial charge in [-0.15, -0.1) is 0 Å². The van der Waals surface area contributed by atoms with Gasteiger partial charge in [-0.1, -0.05) is 407 Å². The van der Waals surface area contributed by atoms with E-state index >= 15 is 0 Å². The van der Waals surface area contributed by atoms with Crippen molar-refractivity contribution in [2.45, 2.75) is 477 Å². The predicted molar refractivity (Wildman–Crippen MR) is 428 cm³/mol. The molecule has 0 amide bonds. The van der Waals surface area contributed by atoms with E-state index in [-0.39, 0.29) is 25.7 Å². The number of hydrogen-bond donors (Lipinski definition) is 3. The molecule has 0 saturated carbocycles. The maximum atomic E-state index is 13.1. The Morgan fingerprint density at radius 2 is 0.442 bits per heavy atom. The molecule has 0 saturated heterocycles. The molecule has 0 aliphatic carbocycles. The summed E-state index contributed by atoms with van der Waals surface area (Å²) in [5.74, 6) is -1.30. The topological polar surface area (TPSA) is 237 Å². The number of phosphoric ester groups is 2. The molecule has 0 heterocycles. The van der Waals surface area contributed by atoms with Crippen LogP contribution in [0.5, 0.6) is 0 Å². The van der Waals surface area contributed by atoms with Gasteiger partial charge in [-0.25, -0.2) is 9.13 Å². The molecular weight excluding hydrogens is 1350 g/mol. The van der Waals surface area contributed by atoms with Crippen molar-refractivity contribution in [2.75, 3.05) is 39.6 Å². The van der Waals surface area contributed by atoms with Crippen molar-refractivity contribution in [3.05, 3.63) is 0 Å². The smallest absolute Gasteiger partial charge is 0.462 e. The lowest BCUT2D eigenvalue weighted by Gasteiger charge is -2.21. The van der Waals surface area contributed by atoms with Gasteiger partial charge in [-0.3, -0.25) is 37.3 Å². The third kappa shape index (κ3) is 78.2. The first kappa shape index (κ1) is 102. The van der Waals surface area contributed by atoms with E-state index in [1.807, 2.05) is 0 Å². The quantitative estimate of drug-likeness (QED) is 0.0222. The van der Waals surface area contributed by atoms with Crippen molar-refractivity contribution < 1.29 is 80.2 Å². The first-order valence-electron chi connectivity index (χ1n) is 44.1. The summed E-state index contributed by atoms with van der Waals surface area (Å²) in [6.07, 6.45) is 70.6. The average Bonchev–Trinajstić information content (AvgIpc) is 0.924. The summed E-state index contributed by atoms with van der Waals surface area (Å²) in [6, 6.07) is 0. The van der Waals surface area contributed by atoms with Crippen LogP contribution in [0.15, 0.2) is 0 Å². The first-order chi connectivity index (χ1) is 50.5. The van der Waals surface area contributed by atoms with Gasteiger partial charge in [0.05, 0.1) is 26.4 Å². The molecule has 19 heteroatoms. The normalized spacial score (nSPS) is 13.8. The minimum absolute atomic E-state index is 0.109. The summed E-state index contributed by atoms with van der Waals surface area (Å²) in [7, 11) is -9.93. The lowest BCUT2D eigenvalue weighted by molar-refractivity contribution is -0.161. The second kappa shape index (κ2) is 77.8. The zero-order valence-corrected chi connectivity index (χ0v) is 70.0. The lowest BCUT2D eigenvalue weighted by atomic mass is 10.0. The molecule has 0 aliphatic heterocycles. The van der Waals surface area contributed by atoms with Gasteiger partial charge in [0.1, 0.15) is 19.3 Å². The van der Waals surface area contributed by atoms with Crippen LogP contribution < -0.4 is 0 Å². The van der Waals surface area contributed by atoms with E-state index in [4.69, 9.17) is 37.0 Å². The van der Waals surface area contributed by atoms with Crippen LogP contribution in [0, 0.1) is 5.92 Å². The zero-order valence-electron chi connectivity index (χ0n) is 68.2. The largest absolute Gasteiger partial charge is 0.472 e. The van der Waals surface area contributed by atoms with Crippen LogP contribution in [0.2, 0.25) is 0 Å². The summed E-state index contributed by atoms with van der Waals surface area (Å²) in [4.78, 5) is 73.2. The molecule has 2 unspecified atom stereocenters. The third-order valence-corrected chi connectivity index (χ3v) is 21.9.